The number of hydrogen-bond acceptors (Lipinski definition) is 6. The van der Waals surface area contributed by atoms with E-state index in [1.807, 2.05) is 0 Å². The number of aromatic hydroxyl groups is 1. The molecule has 0 radical (unpaired) electrons. The Balaban J connectivity index is 3.65. The second kappa shape index (κ2) is 5.31. The summed E-state index contributed by atoms with van der Waals surface area (Å²) in [6.07, 6.45) is 0. The van der Waals surface area contributed by atoms with Crippen LogP contribution in [0.4, 0.5) is 5.69 Å². The lowest BCUT2D eigenvalue weighted by Crippen LogP contribution is -2.27. The molecule has 8 heteroatoms. The van der Waals surface area contributed by atoms with Gasteiger partial charge in [-0.25, -0.2) is 14.4 Å². The molecule has 0 aliphatic rings. The third-order valence-corrected chi connectivity index (χ3v) is 2.37. The number of ether oxygens (including phenoxy) is 1. The van der Waals surface area contributed by atoms with Crippen LogP contribution >= 0.6 is 0 Å². The summed E-state index contributed by atoms with van der Waals surface area (Å²) >= 11 is 0. The summed E-state index contributed by atoms with van der Waals surface area (Å²) < 4.78 is 5.01. The lowest BCUT2D eigenvalue weighted by molar-refractivity contribution is 0.00671. The van der Waals surface area contributed by atoms with Crippen molar-refractivity contribution >= 4 is 23.6 Å². The van der Waals surface area contributed by atoms with Crippen molar-refractivity contribution in [3.63, 3.8) is 0 Å². The molecule has 21 heavy (non-hydrogen) atoms. The highest BCUT2D eigenvalue weighted by Gasteiger charge is 2.32. The second-order valence-corrected chi connectivity index (χ2v) is 5.22. The van der Waals surface area contributed by atoms with Crippen LogP contribution in [0.3, 0.4) is 0 Å². The van der Waals surface area contributed by atoms with Crippen molar-refractivity contribution in [1.82, 2.24) is 0 Å². The third-order valence-electron chi connectivity index (χ3n) is 2.37. The van der Waals surface area contributed by atoms with Gasteiger partial charge in [-0.1, -0.05) is 0 Å². The van der Waals surface area contributed by atoms with E-state index >= 15 is 0 Å². The highest BCUT2D eigenvalue weighted by Crippen LogP contribution is 2.31. The number of aromatic carboxylic acids is 2. The van der Waals surface area contributed by atoms with E-state index in [2.05, 4.69) is 0 Å². The van der Waals surface area contributed by atoms with E-state index in [1.165, 1.54) is 0 Å². The van der Waals surface area contributed by atoms with E-state index in [4.69, 9.17) is 20.7 Å². The molecule has 1 rings (SSSR count). The SMILES string of the molecule is CC(C)(C)OC(=O)c1c(N)cc(O)c(C(=O)O)c1C(=O)O. The van der Waals surface area contributed by atoms with Gasteiger partial charge in [-0.15, -0.1) is 0 Å². The molecule has 0 bridgehead atoms. The number of nitrogen functional groups attached to an aromatic ring is 1. The summed E-state index contributed by atoms with van der Waals surface area (Å²) in [5, 5.41) is 27.7. The predicted octanol–water partition coefficient (Wildman–Crippen LogP) is 1.33. The van der Waals surface area contributed by atoms with Gasteiger partial charge >= 0.3 is 17.9 Å². The minimum atomic E-state index is -1.71. The first-order valence-electron chi connectivity index (χ1n) is 5.81. The van der Waals surface area contributed by atoms with Crippen molar-refractivity contribution in [3.05, 3.63) is 22.8 Å². The van der Waals surface area contributed by atoms with E-state index in [-0.39, 0.29) is 5.69 Å². The average Bonchev–Trinajstić information content (AvgIpc) is 2.23. The van der Waals surface area contributed by atoms with Crippen LogP contribution in [0.25, 0.3) is 0 Å². The van der Waals surface area contributed by atoms with Crippen LogP contribution in [0.5, 0.6) is 5.75 Å². The Labute approximate surface area is 119 Å². The van der Waals surface area contributed by atoms with Gasteiger partial charge in [0.1, 0.15) is 16.9 Å². The van der Waals surface area contributed by atoms with Crippen molar-refractivity contribution in [3.8, 4) is 5.75 Å². The van der Waals surface area contributed by atoms with Crippen molar-refractivity contribution in [1.29, 1.82) is 0 Å². The lowest BCUT2D eigenvalue weighted by Gasteiger charge is -2.21. The molecule has 1 aromatic carbocycles. The fourth-order valence-corrected chi connectivity index (χ4v) is 1.67. The smallest absolute Gasteiger partial charge is 0.341 e. The number of hydrogen-bond donors (Lipinski definition) is 4. The summed E-state index contributed by atoms with van der Waals surface area (Å²) in [4.78, 5) is 34.4. The number of carboxylic acids is 2. The van der Waals surface area contributed by atoms with Gasteiger partial charge in [-0.3, -0.25) is 0 Å². The van der Waals surface area contributed by atoms with Crippen molar-refractivity contribution in [2.45, 2.75) is 26.4 Å². The van der Waals surface area contributed by atoms with Gasteiger partial charge in [-0.05, 0) is 20.8 Å². The van der Waals surface area contributed by atoms with Crippen molar-refractivity contribution < 1.29 is 34.4 Å². The molecular weight excluding hydrogens is 282 g/mol. The zero-order valence-electron chi connectivity index (χ0n) is 11.6. The monoisotopic (exact) mass is 297 g/mol. The highest BCUT2D eigenvalue weighted by molar-refractivity contribution is 6.13. The van der Waals surface area contributed by atoms with Crippen LogP contribution in [0.15, 0.2) is 6.07 Å². The summed E-state index contributed by atoms with van der Waals surface area (Å²) in [6.45, 7) is 4.67. The maximum absolute atomic E-state index is 12.1. The Kier molecular flexibility index (Phi) is 4.12. The topological polar surface area (TPSA) is 147 Å². The number of carbonyl (C=O) groups excluding carboxylic acids is 1. The molecule has 0 saturated heterocycles. The quantitative estimate of drug-likeness (QED) is 0.482. The number of phenols is 1. The molecule has 0 spiro atoms. The molecule has 0 fully saturated rings. The number of esters is 1. The maximum atomic E-state index is 12.1. The van der Waals surface area contributed by atoms with E-state index in [9.17, 15) is 19.5 Å². The van der Waals surface area contributed by atoms with Crippen LogP contribution in [-0.4, -0.2) is 38.8 Å². The summed E-state index contributed by atoms with van der Waals surface area (Å²) in [7, 11) is 0. The molecule has 0 saturated carbocycles. The molecule has 0 atom stereocenters. The molecule has 0 aliphatic heterocycles. The molecule has 8 nitrogen and oxygen atoms in total. The first-order valence-corrected chi connectivity index (χ1v) is 5.81. The van der Waals surface area contributed by atoms with Gasteiger partial charge in [0.25, 0.3) is 0 Å². The van der Waals surface area contributed by atoms with Crippen LogP contribution in [-0.2, 0) is 4.74 Å². The van der Waals surface area contributed by atoms with Gasteiger partial charge in [0.2, 0.25) is 0 Å². The van der Waals surface area contributed by atoms with Gasteiger partial charge in [0.15, 0.2) is 0 Å². The number of carboxylic acid groups (broad SMARTS) is 2. The summed E-state index contributed by atoms with van der Waals surface area (Å²) in [6, 6.07) is 0.801. The molecule has 1 aromatic rings. The normalized spacial score (nSPS) is 11.0. The van der Waals surface area contributed by atoms with Gasteiger partial charge < -0.3 is 25.8 Å². The fourth-order valence-electron chi connectivity index (χ4n) is 1.67. The number of anilines is 1. The summed E-state index contributed by atoms with van der Waals surface area (Å²) in [5.74, 6) is -5.34. The van der Waals surface area contributed by atoms with Gasteiger partial charge in [0, 0.05) is 6.07 Å². The first-order chi connectivity index (χ1) is 9.45. The lowest BCUT2D eigenvalue weighted by atomic mass is 9.97. The molecular formula is C13H15NO7. The molecule has 0 unspecified atom stereocenters. The fraction of sp³-hybridized carbons (Fsp3) is 0.308. The Bertz CT molecular complexity index is 628. The maximum Gasteiger partial charge on any atom is 0.341 e. The van der Waals surface area contributed by atoms with Crippen molar-refractivity contribution in [2.24, 2.45) is 0 Å². The largest absolute Gasteiger partial charge is 0.507 e. The van der Waals surface area contributed by atoms with E-state index < -0.39 is 45.9 Å². The van der Waals surface area contributed by atoms with E-state index in [1.54, 1.807) is 20.8 Å². The Hall–Kier alpha value is -2.77. The molecule has 114 valence electrons. The van der Waals surface area contributed by atoms with Crippen LogP contribution < -0.4 is 5.73 Å². The van der Waals surface area contributed by atoms with E-state index in [0.717, 1.165) is 6.07 Å². The molecule has 0 amide bonds. The minimum Gasteiger partial charge on any atom is -0.507 e. The van der Waals surface area contributed by atoms with Gasteiger partial charge in [-0.2, -0.15) is 0 Å². The molecule has 0 heterocycles. The number of rotatable bonds is 3. The zero-order chi connectivity index (χ0) is 16.5. The van der Waals surface area contributed by atoms with Crippen LogP contribution in [0, 0.1) is 0 Å². The summed E-state index contributed by atoms with van der Waals surface area (Å²) in [5.41, 5.74) is 1.79. The highest BCUT2D eigenvalue weighted by atomic mass is 16.6. The standard InChI is InChI=1S/C13H15NO7/c1-13(2,3)21-12(20)7-5(14)4-6(15)8(10(16)17)9(7)11(18)19/h4,15H,14H2,1-3H3,(H,16,17)(H,18,19). The average molecular weight is 297 g/mol. The third kappa shape index (κ3) is 3.41. The first kappa shape index (κ1) is 16.3. The minimum absolute atomic E-state index is 0.385. The Morgan fingerprint density at radius 2 is 1.52 bits per heavy atom. The number of nitrogens with two attached hydrogens (primary N) is 1. The van der Waals surface area contributed by atoms with Crippen LogP contribution in [0.2, 0.25) is 0 Å². The predicted molar refractivity (Wildman–Crippen MR) is 71.6 cm³/mol. The van der Waals surface area contributed by atoms with Crippen molar-refractivity contribution in [2.75, 3.05) is 5.73 Å². The van der Waals surface area contributed by atoms with E-state index in [0.29, 0.717) is 0 Å². The number of carbonyl (C=O) groups is 3. The molecule has 0 aliphatic carbocycles. The van der Waals surface area contributed by atoms with Gasteiger partial charge in [0.05, 0.1) is 16.8 Å². The number of benzene rings is 1. The second-order valence-electron chi connectivity index (χ2n) is 5.22. The zero-order valence-corrected chi connectivity index (χ0v) is 11.6. The molecule has 5 N–H and O–H groups in total. The molecule has 0 aromatic heterocycles. The van der Waals surface area contributed by atoms with Crippen LogP contribution in [0.1, 0.15) is 51.8 Å². The Morgan fingerprint density at radius 3 is 1.90 bits per heavy atom. The Morgan fingerprint density at radius 1 is 1.05 bits per heavy atom.